The van der Waals surface area contributed by atoms with Crippen LogP contribution >= 0.6 is 0 Å². The van der Waals surface area contributed by atoms with Crippen molar-refractivity contribution in [3.63, 3.8) is 0 Å². The third-order valence-electron chi connectivity index (χ3n) is 3.25. The van der Waals surface area contributed by atoms with Crippen molar-refractivity contribution in [3.05, 3.63) is 0 Å². The maximum Gasteiger partial charge on any atom is 0.410 e. The van der Waals surface area contributed by atoms with Gasteiger partial charge in [0.2, 0.25) is 0 Å². The van der Waals surface area contributed by atoms with Crippen LogP contribution in [0.4, 0.5) is 4.79 Å². The van der Waals surface area contributed by atoms with Gasteiger partial charge in [-0.3, -0.25) is 0 Å². The first-order valence-corrected chi connectivity index (χ1v) is 7.44. The second kappa shape index (κ2) is 6.60. The van der Waals surface area contributed by atoms with Gasteiger partial charge in [0.25, 0.3) is 0 Å². The van der Waals surface area contributed by atoms with Crippen LogP contribution in [0.5, 0.6) is 0 Å². The van der Waals surface area contributed by atoms with Crippen LogP contribution in [-0.4, -0.2) is 41.3 Å². The van der Waals surface area contributed by atoms with Gasteiger partial charge >= 0.3 is 6.09 Å². The highest BCUT2D eigenvalue weighted by molar-refractivity contribution is 5.68. The van der Waals surface area contributed by atoms with E-state index in [0.29, 0.717) is 18.1 Å². The zero-order valence-electron chi connectivity index (χ0n) is 13.3. The van der Waals surface area contributed by atoms with Crippen molar-refractivity contribution in [2.45, 2.75) is 84.5 Å². The molecule has 4 heteroatoms. The van der Waals surface area contributed by atoms with E-state index in [-0.39, 0.29) is 6.09 Å². The van der Waals surface area contributed by atoms with E-state index in [1.54, 1.807) is 0 Å². The van der Waals surface area contributed by atoms with Crippen LogP contribution in [0.15, 0.2) is 0 Å². The Morgan fingerprint density at radius 3 is 2.53 bits per heavy atom. The predicted molar refractivity (Wildman–Crippen MR) is 78.3 cm³/mol. The summed E-state index contributed by atoms with van der Waals surface area (Å²) in [6.07, 6.45) is 3.01. The van der Waals surface area contributed by atoms with E-state index in [1.807, 2.05) is 25.7 Å². The van der Waals surface area contributed by atoms with Gasteiger partial charge in [0.15, 0.2) is 0 Å². The highest BCUT2D eigenvalue weighted by Gasteiger charge is 2.32. The molecule has 19 heavy (non-hydrogen) atoms. The molecule has 1 amide bonds. The summed E-state index contributed by atoms with van der Waals surface area (Å²) < 4.78 is 5.48. The molecule has 0 aromatic carbocycles. The normalized spacial score (nSPS) is 21.8. The van der Waals surface area contributed by atoms with Gasteiger partial charge in [-0.15, -0.1) is 0 Å². The quantitative estimate of drug-likeness (QED) is 0.853. The number of nitrogens with one attached hydrogen (secondary N) is 1. The van der Waals surface area contributed by atoms with Gasteiger partial charge in [0.05, 0.1) is 0 Å². The number of nitrogens with zero attached hydrogens (tertiary/aromatic N) is 1. The fraction of sp³-hybridized carbons (Fsp3) is 0.933. The fourth-order valence-electron chi connectivity index (χ4n) is 2.69. The van der Waals surface area contributed by atoms with E-state index in [2.05, 4.69) is 26.1 Å². The standard InChI is InChI=1S/C15H30N2O2/c1-11(2)16-12(3)10-13-8-7-9-17(13)14(18)19-15(4,5)6/h11-13,16H,7-10H2,1-6H3. The predicted octanol–water partition coefficient (Wildman–Crippen LogP) is 3.16. The molecule has 2 unspecified atom stereocenters. The SMILES string of the molecule is CC(C)NC(C)CC1CCCN1C(=O)OC(C)(C)C. The lowest BCUT2D eigenvalue weighted by atomic mass is 10.1. The Labute approximate surface area is 117 Å². The lowest BCUT2D eigenvalue weighted by molar-refractivity contribution is 0.0214. The Kier molecular flexibility index (Phi) is 5.65. The summed E-state index contributed by atoms with van der Waals surface area (Å²) in [7, 11) is 0. The summed E-state index contributed by atoms with van der Waals surface area (Å²) >= 11 is 0. The van der Waals surface area contributed by atoms with Gasteiger partial charge in [-0.2, -0.15) is 0 Å². The molecule has 1 aliphatic rings. The molecule has 1 fully saturated rings. The Balaban J connectivity index is 2.52. The summed E-state index contributed by atoms with van der Waals surface area (Å²) in [6.45, 7) is 13.1. The number of likely N-dealkylation sites (tertiary alicyclic amines) is 1. The average Bonchev–Trinajstić information content (AvgIpc) is 2.61. The average molecular weight is 270 g/mol. The number of amides is 1. The summed E-state index contributed by atoms with van der Waals surface area (Å²) in [5.41, 5.74) is -0.411. The second-order valence-corrected chi connectivity index (χ2v) is 6.93. The molecule has 1 heterocycles. The van der Waals surface area contributed by atoms with E-state index in [1.165, 1.54) is 0 Å². The number of hydrogen-bond donors (Lipinski definition) is 1. The van der Waals surface area contributed by atoms with Gasteiger partial charge < -0.3 is 15.0 Å². The van der Waals surface area contributed by atoms with E-state index in [4.69, 9.17) is 4.74 Å². The third kappa shape index (κ3) is 5.81. The minimum absolute atomic E-state index is 0.160. The maximum absolute atomic E-state index is 12.2. The number of ether oxygens (including phenoxy) is 1. The molecule has 0 aliphatic carbocycles. The first-order valence-electron chi connectivity index (χ1n) is 7.44. The Hall–Kier alpha value is -0.770. The first-order chi connectivity index (χ1) is 8.69. The van der Waals surface area contributed by atoms with E-state index in [9.17, 15) is 4.79 Å². The summed E-state index contributed by atoms with van der Waals surface area (Å²) in [4.78, 5) is 14.1. The molecule has 112 valence electrons. The molecule has 0 spiro atoms. The van der Waals surface area contributed by atoms with Crippen molar-refractivity contribution in [1.29, 1.82) is 0 Å². The Bertz CT molecular complexity index is 297. The van der Waals surface area contributed by atoms with E-state index < -0.39 is 5.60 Å². The van der Waals surface area contributed by atoms with Crippen molar-refractivity contribution in [2.75, 3.05) is 6.54 Å². The fourth-order valence-corrected chi connectivity index (χ4v) is 2.69. The zero-order chi connectivity index (χ0) is 14.6. The molecule has 4 nitrogen and oxygen atoms in total. The molecule has 0 saturated carbocycles. The zero-order valence-corrected chi connectivity index (χ0v) is 13.3. The number of carbonyl (C=O) groups excluding carboxylic acids is 1. The topological polar surface area (TPSA) is 41.6 Å². The van der Waals surface area contributed by atoms with Crippen molar-refractivity contribution < 1.29 is 9.53 Å². The molecule has 0 bridgehead atoms. The van der Waals surface area contributed by atoms with Crippen LogP contribution < -0.4 is 5.32 Å². The van der Waals surface area contributed by atoms with Crippen molar-refractivity contribution in [3.8, 4) is 0 Å². The molecule has 1 rings (SSSR count). The van der Waals surface area contributed by atoms with Crippen LogP contribution in [0, 0.1) is 0 Å². The van der Waals surface area contributed by atoms with Crippen LogP contribution in [0.2, 0.25) is 0 Å². The maximum atomic E-state index is 12.2. The minimum Gasteiger partial charge on any atom is -0.444 e. The lowest BCUT2D eigenvalue weighted by Crippen LogP contribution is -2.43. The highest BCUT2D eigenvalue weighted by Crippen LogP contribution is 2.24. The Morgan fingerprint density at radius 2 is 2.00 bits per heavy atom. The van der Waals surface area contributed by atoms with Gasteiger partial charge in [0.1, 0.15) is 5.60 Å². The molecule has 1 saturated heterocycles. The largest absolute Gasteiger partial charge is 0.444 e. The monoisotopic (exact) mass is 270 g/mol. The second-order valence-electron chi connectivity index (χ2n) is 6.93. The molecule has 0 aromatic rings. The van der Waals surface area contributed by atoms with Crippen LogP contribution in [0.25, 0.3) is 0 Å². The summed E-state index contributed by atoms with van der Waals surface area (Å²) in [5.74, 6) is 0. The smallest absolute Gasteiger partial charge is 0.410 e. The lowest BCUT2D eigenvalue weighted by Gasteiger charge is -2.30. The van der Waals surface area contributed by atoms with Gasteiger partial charge in [0, 0.05) is 24.7 Å². The van der Waals surface area contributed by atoms with Crippen molar-refractivity contribution >= 4 is 6.09 Å². The summed E-state index contributed by atoms with van der Waals surface area (Å²) in [6, 6.07) is 1.22. The van der Waals surface area contributed by atoms with Gasteiger partial charge in [-0.25, -0.2) is 4.79 Å². The van der Waals surface area contributed by atoms with Crippen LogP contribution in [0.3, 0.4) is 0 Å². The van der Waals surface area contributed by atoms with E-state index in [0.717, 1.165) is 25.8 Å². The molecule has 1 aliphatic heterocycles. The molecule has 0 radical (unpaired) electrons. The summed E-state index contributed by atoms with van der Waals surface area (Å²) in [5, 5.41) is 3.50. The van der Waals surface area contributed by atoms with Crippen molar-refractivity contribution in [2.24, 2.45) is 0 Å². The van der Waals surface area contributed by atoms with Crippen molar-refractivity contribution in [1.82, 2.24) is 10.2 Å². The number of hydrogen-bond acceptors (Lipinski definition) is 3. The molecule has 0 aromatic heterocycles. The van der Waals surface area contributed by atoms with Crippen LogP contribution in [-0.2, 0) is 4.74 Å². The third-order valence-corrected chi connectivity index (χ3v) is 3.25. The van der Waals surface area contributed by atoms with Gasteiger partial charge in [-0.05, 0) is 47.0 Å². The number of rotatable bonds is 4. The molecule has 2 atom stereocenters. The molecule has 1 N–H and O–H groups in total. The number of carbonyl (C=O) groups is 1. The Morgan fingerprint density at radius 1 is 1.37 bits per heavy atom. The minimum atomic E-state index is -0.411. The highest BCUT2D eigenvalue weighted by atomic mass is 16.6. The van der Waals surface area contributed by atoms with E-state index >= 15 is 0 Å². The van der Waals surface area contributed by atoms with Gasteiger partial charge in [-0.1, -0.05) is 13.8 Å². The molecular formula is C15H30N2O2. The van der Waals surface area contributed by atoms with Crippen LogP contribution in [0.1, 0.15) is 60.8 Å². The molecular weight excluding hydrogens is 240 g/mol. The first kappa shape index (κ1) is 16.3.